The average Bonchev–Trinajstić information content (AvgIpc) is 2.90. The molecule has 0 saturated heterocycles. The third-order valence-electron chi connectivity index (χ3n) is 5.63. The summed E-state index contributed by atoms with van der Waals surface area (Å²) in [6, 6.07) is 9.39. The second kappa shape index (κ2) is 14.2. The highest BCUT2D eigenvalue weighted by Crippen LogP contribution is 2.25. The number of esters is 1. The molecule has 38 heavy (non-hydrogen) atoms. The minimum atomic E-state index is -1.78. The minimum absolute atomic E-state index is 0.0297. The van der Waals surface area contributed by atoms with E-state index < -0.39 is 46.4 Å². The van der Waals surface area contributed by atoms with Gasteiger partial charge in [0, 0.05) is 11.1 Å². The van der Waals surface area contributed by atoms with E-state index in [1.807, 2.05) is 0 Å². The van der Waals surface area contributed by atoms with Crippen LogP contribution in [-0.4, -0.2) is 12.6 Å². The van der Waals surface area contributed by atoms with Crippen molar-refractivity contribution >= 4 is 5.97 Å². The van der Waals surface area contributed by atoms with E-state index in [-0.39, 0.29) is 5.56 Å². The van der Waals surface area contributed by atoms with Gasteiger partial charge < -0.3 is 9.47 Å². The molecule has 0 aliphatic rings. The molecule has 0 radical (unpaired) electrons. The summed E-state index contributed by atoms with van der Waals surface area (Å²) < 4.78 is 78.9. The van der Waals surface area contributed by atoms with E-state index >= 15 is 0 Å². The number of unbranched alkanes of at least 4 members (excludes halogenated alkanes) is 6. The van der Waals surface area contributed by atoms with Crippen LogP contribution in [0.4, 0.5) is 22.0 Å². The van der Waals surface area contributed by atoms with Crippen molar-refractivity contribution in [3.63, 3.8) is 0 Å². The SMILES string of the molecule is CCCCCCCCCOc1ccc(C#Cc2cc(F)c(OC(=O)c3cc(F)c(F)c(F)c3)c(F)c2)cc1. The number of halogens is 5. The summed E-state index contributed by atoms with van der Waals surface area (Å²) in [7, 11) is 0. The van der Waals surface area contributed by atoms with Gasteiger partial charge in [-0.2, -0.15) is 0 Å². The van der Waals surface area contributed by atoms with Crippen molar-refractivity contribution < 1.29 is 36.2 Å². The van der Waals surface area contributed by atoms with Crippen molar-refractivity contribution in [1.29, 1.82) is 0 Å². The van der Waals surface area contributed by atoms with E-state index in [0.717, 1.165) is 25.0 Å². The number of hydrogen-bond donors (Lipinski definition) is 0. The Hall–Kier alpha value is -3.86. The van der Waals surface area contributed by atoms with Gasteiger partial charge in [-0.3, -0.25) is 0 Å². The van der Waals surface area contributed by atoms with Crippen LogP contribution in [0.15, 0.2) is 48.5 Å². The molecule has 0 atom stereocenters. The third kappa shape index (κ3) is 8.34. The molecular formula is C30H27F5O3. The Morgan fingerprint density at radius 1 is 0.711 bits per heavy atom. The Morgan fingerprint density at radius 2 is 1.26 bits per heavy atom. The van der Waals surface area contributed by atoms with Gasteiger partial charge in [-0.05, 0) is 55.0 Å². The lowest BCUT2D eigenvalue weighted by atomic mass is 10.1. The fourth-order valence-electron chi connectivity index (χ4n) is 3.58. The third-order valence-corrected chi connectivity index (χ3v) is 5.63. The Kier molecular flexibility index (Phi) is 10.7. The van der Waals surface area contributed by atoms with Gasteiger partial charge in [-0.25, -0.2) is 26.7 Å². The van der Waals surface area contributed by atoms with Gasteiger partial charge in [0.2, 0.25) is 5.75 Å². The van der Waals surface area contributed by atoms with Gasteiger partial charge in [0.15, 0.2) is 29.1 Å². The number of hydrogen-bond acceptors (Lipinski definition) is 3. The molecular weight excluding hydrogens is 503 g/mol. The predicted molar refractivity (Wildman–Crippen MR) is 134 cm³/mol. The van der Waals surface area contributed by atoms with Gasteiger partial charge in [-0.15, -0.1) is 0 Å². The molecule has 0 heterocycles. The highest BCUT2D eigenvalue weighted by Gasteiger charge is 2.20. The highest BCUT2D eigenvalue weighted by molar-refractivity contribution is 5.91. The van der Waals surface area contributed by atoms with E-state index in [4.69, 9.17) is 4.74 Å². The van der Waals surface area contributed by atoms with Crippen molar-refractivity contribution in [3.8, 4) is 23.3 Å². The van der Waals surface area contributed by atoms with Gasteiger partial charge in [0.1, 0.15) is 5.75 Å². The zero-order chi connectivity index (χ0) is 27.5. The van der Waals surface area contributed by atoms with Crippen LogP contribution >= 0.6 is 0 Å². The van der Waals surface area contributed by atoms with Crippen molar-refractivity contribution in [2.24, 2.45) is 0 Å². The fourth-order valence-corrected chi connectivity index (χ4v) is 3.58. The minimum Gasteiger partial charge on any atom is -0.494 e. The average molecular weight is 531 g/mol. The van der Waals surface area contributed by atoms with Gasteiger partial charge in [-0.1, -0.05) is 57.3 Å². The summed E-state index contributed by atoms with van der Waals surface area (Å²) in [4.78, 5) is 12.1. The van der Waals surface area contributed by atoms with Crippen molar-refractivity contribution in [2.75, 3.05) is 6.61 Å². The molecule has 0 aliphatic heterocycles. The van der Waals surface area contributed by atoms with Crippen LogP contribution in [0.3, 0.4) is 0 Å². The van der Waals surface area contributed by atoms with E-state index in [2.05, 4.69) is 23.5 Å². The number of benzene rings is 3. The van der Waals surface area contributed by atoms with E-state index in [1.165, 1.54) is 32.1 Å². The largest absolute Gasteiger partial charge is 0.494 e. The molecule has 0 amide bonds. The molecule has 0 spiro atoms. The maximum Gasteiger partial charge on any atom is 0.343 e. The highest BCUT2D eigenvalue weighted by atomic mass is 19.2. The quantitative estimate of drug-likeness (QED) is 0.0627. The van der Waals surface area contributed by atoms with Crippen LogP contribution in [0, 0.1) is 40.9 Å². The number of carbonyl (C=O) groups is 1. The van der Waals surface area contributed by atoms with Crippen LogP contribution in [0.2, 0.25) is 0 Å². The molecule has 0 bridgehead atoms. The molecule has 0 unspecified atom stereocenters. The van der Waals surface area contributed by atoms with Gasteiger partial charge >= 0.3 is 5.97 Å². The first-order chi connectivity index (χ1) is 18.3. The summed E-state index contributed by atoms with van der Waals surface area (Å²) in [5.41, 5.74) is -0.193. The number of rotatable bonds is 11. The molecule has 0 fully saturated rings. The summed E-state index contributed by atoms with van der Waals surface area (Å²) in [5, 5.41) is 0. The topological polar surface area (TPSA) is 35.5 Å². The normalized spacial score (nSPS) is 10.6. The lowest BCUT2D eigenvalue weighted by Crippen LogP contribution is -2.12. The smallest absolute Gasteiger partial charge is 0.343 e. The molecule has 0 aromatic heterocycles. The summed E-state index contributed by atoms with van der Waals surface area (Å²) in [6.07, 6.45) is 8.35. The summed E-state index contributed by atoms with van der Waals surface area (Å²) in [6.45, 7) is 2.82. The van der Waals surface area contributed by atoms with Gasteiger partial charge in [0.05, 0.1) is 12.2 Å². The van der Waals surface area contributed by atoms with Crippen molar-refractivity contribution in [1.82, 2.24) is 0 Å². The Labute approximate surface area is 218 Å². The molecule has 0 N–H and O–H groups in total. The van der Waals surface area contributed by atoms with E-state index in [0.29, 0.717) is 30.1 Å². The Balaban J connectivity index is 1.56. The first-order valence-corrected chi connectivity index (χ1v) is 12.4. The van der Waals surface area contributed by atoms with Crippen molar-refractivity contribution in [3.05, 3.63) is 94.3 Å². The fraction of sp³-hybridized carbons (Fsp3) is 0.300. The maximum absolute atomic E-state index is 14.4. The second-order valence-electron chi connectivity index (χ2n) is 8.66. The van der Waals surface area contributed by atoms with E-state index in [1.54, 1.807) is 24.3 Å². The number of carbonyl (C=O) groups excluding carboxylic acids is 1. The molecule has 0 saturated carbocycles. The number of ether oxygens (including phenoxy) is 2. The van der Waals surface area contributed by atoms with Crippen LogP contribution < -0.4 is 9.47 Å². The zero-order valence-corrected chi connectivity index (χ0v) is 20.9. The Morgan fingerprint density at radius 3 is 1.87 bits per heavy atom. The zero-order valence-electron chi connectivity index (χ0n) is 20.9. The monoisotopic (exact) mass is 530 g/mol. The van der Waals surface area contributed by atoms with Crippen LogP contribution in [-0.2, 0) is 0 Å². The standard InChI is InChI=1S/C30H27F5O3/c1-2-3-4-5-6-7-8-15-37-23-13-11-20(12-14-23)9-10-21-16-26(33)29(27(34)17-21)38-30(36)22-18-24(31)28(35)25(32)19-22/h11-14,16-19H,2-8,15H2,1H3. The summed E-state index contributed by atoms with van der Waals surface area (Å²) >= 11 is 0. The van der Waals surface area contributed by atoms with Crippen LogP contribution in [0.5, 0.6) is 11.5 Å². The molecule has 3 nitrogen and oxygen atoms in total. The lowest BCUT2D eigenvalue weighted by molar-refractivity contribution is 0.0718. The molecule has 3 aromatic carbocycles. The molecule has 200 valence electrons. The van der Waals surface area contributed by atoms with Crippen LogP contribution in [0.1, 0.15) is 73.4 Å². The maximum atomic E-state index is 14.4. The second-order valence-corrected chi connectivity index (χ2v) is 8.66. The van der Waals surface area contributed by atoms with Crippen molar-refractivity contribution in [2.45, 2.75) is 51.9 Å². The van der Waals surface area contributed by atoms with Gasteiger partial charge in [0.25, 0.3) is 0 Å². The lowest BCUT2D eigenvalue weighted by Gasteiger charge is -2.08. The first-order valence-electron chi connectivity index (χ1n) is 12.4. The van der Waals surface area contributed by atoms with Crippen LogP contribution in [0.25, 0.3) is 0 Å². The molecule has 0 aliphatic carbocycles. The molecule has 3 aromatic rings. The summed E-state index contributed by atoms with van der Waals surface area (Å²) in [5.74, 6) is -4.00. The first kappa shape index (κ1) is 28.7. The molecule has 8 heteroatoms. The van der Waals surface area contributed by atoms with E-state index in [9.17, 15) is 26.7 Å². The predicted octanol–water partition coefficient (Wildman–Crippen LogP) is 8.13. The Bertz CT molecular complexity index is 1260. The molecule has 3 rings (SSSR count).